The van der Waals surface area contributed by atoms with Crippen molar-refractivity contribution in [3.05, 3.63) is 71.4 Å². The molecule has 0 spiro atoms. The van der Waals surface area contributed by atoms with Gasteiger partial charge >= 0.3 is 0 Å². The van der Waals surface area contributed by atoms with E-state index in [0.29, 0.717) is 12.5 Å². The molecule has 1 aromatic heterocycles. The maximum atomic E-state index is 4.63. The number of benzene rings is 2. The van der Waals surface area contributed by atoms with E-state index in [0.717, 1.165) is 18.8 Å². The molecule has 3 aromatic rings. The van der Waals surface area contributed by atoms with Gasteiger partial charge in [-0.05, 0) is 30.5 Å². The maximum absolute atomic E-state index is 4.63. The minimum atomic E-state index is 0.553. The standard InChI is InChI=1S/C19H19N5/c1-14-6-8-15(9-7-14)12-20-19-22-18(13-21-23-19)24-11-10-16-4-2-3-5-17(16)24/h2-9,13H,10-12H2,1H3,(H,20,22,23). The predicted octanol–water partition coefficient (Wildman–Crippen LogP) is 3.49. The molecule has 2 aromatic carbocycles. The van der Waals surface area contributed by atoms with Gasteiger partial charge in [-0.25, -0.2) is 0 Å². The first-order chi connectivity index (χ1) is 11.8. The summed E-state index contributed by atoms with van der Waals surface area (Å²) in [6, 6.07) is 16.9. The van der Waals surface area contributed by atoms with Crippen molar-refractivity contribution in [2.24, 2.45) is 0 Å². The molecule has 1 N–H and O–H groups in total. The highest BCUT2D eigenvalue weighted by atomic mass is 15.3. The Balaban J connectivity index is 1.51. The highest BCUT2D eigenvalue weighted by Gasteiger charge is 2.21. The number of hydrogen-bond acceptors (Lipinski definition) is 5. The molecule has 120 valence electrons. The summed E-state index contributed by atoms with van der Waals surface area (Å²) in [6.07, 6.45) is 2.76. The molecule has 2 heterocycles. The fraction of sp³-hybridized carbons (Fsp3) is 0.211. The lowest BCUT2D eigenvalue weighted by molar-refractivity contribution is 0.904. The molecule has 0 atom stereocenters. The number of para-hydroxylation sites is 1. The lowest BCUT2D eigenvalue weighted by Gasteiger charge is -2.18. The second kappa shape index (κ2) is 6.28. The molecule has 1 aliphatic heterocycles. The van der Waals surface area contributed by atoms with Crippen LogP contribution in [0.3, 0.4) is 0 Å². The molecular formula is C19H19N5. The molecule has 5 heteroatoms. The van der Waals surface area contributed by atoms with Gasteiger partial charge < -0.3 is 10.2 Å². The predicted molar refractivity (Wildman–Crippen MR) is 95.5 cm³/mol. The first-order valence-electron chi connectivity index (χ1n) is 8.14. The number of aromatic nitrogens is 3. The Hall–Kier alpha value is -2.95. The van der Waals surface area contributed by atoms with Crippen LogP contribution in [0.2, 0.25) is 0 Å². The van der Waals surface area contributed by atoms with Crippen LogP contribution in [0.25, 0.3) is 0 Å². The number of aryl methyl sites for hydroxylation is 1. The number of nitrogens with zero attached hydrogens (tertiary/aromatic N) is 4. The zero-order valence-electron chi connectivity index (χ0n) is 13.6. The van der Waals surface area contributed by atoms with E-state index in [1.807, 2.05) is 0 Å². The van der Waals surface area contributed by atoms with Gasteiger partial charge in [0.05, 0.1) is 6.20 Å². The molecule has 1 aliphatic rings. The van der Waals surface area contributed by atoms with Crippen molar-refractivity contribution >= 4 is 17.5 Å². The Morgan fingerprint density at radius 1 is 1.08 bits per heavy atom. The van der Waals surface area contributed by atoms with E-state index in [-0.39, 0.29) is 0 Å². The van der Waals surface area contributed by atoms with Crippen LogP contribution in [-0.4, -0.2) is 21.7 Å². The van der Waals surface area contributed by atoms with Crippen molar-refractivity contribution in [2.75, 3.05) is 16.8 Å². The summed E-state index contributed by atoms with van der Waals surface area (Å²) in [5.74, 6) is 1.39. The first kappa shape index (κ1) is 14.6. The molecule has 24 heavy (non-hydrogen) atoms. The van der Waals surface area contributed by atoms with Gasteiger partial charge in [0.15, 0.2) is 5.82 Å². The molecule has 0 fully saturated rings. The first-order valence-corrected chi connectivity index (χ1v) is 8.14. The smallest absolute Gasteiger partial charge is 0.244 e. The molecule has 0 amide bonds. The molecule has 0 unspecified atom stereocenters. The second-order valence-electron chi connectivity index (χ2n) is 6.01. The van der Waals surface area contributed by atoms with Crippen LogP contribution in [0.5, 0.6) is 0 Å². The van der Waals surface area contributed by atoms with E-state index in [1.54, 1.807) is 6.20 Å². The van der Waals surface area contributed by atoms with Gasteiger partial charge in [-0.1, -0.05) is 48.0 Å². The number of hydrogen-bond donors (Lipinski definition) is 1. The highest BCUT2D eigenvalue weighted by Crippen LogP contribution is 2.32. The topological polar surface area (TPSA) is 53.9 Å². The zero-order valence-corrected chi connectivity index (χ0v) is 13.6. The van der Waals surface area contributed by atoms with E-state index < -0.39 is 0 Å². The Bertz CT molecular complexity index is 844. The fourth-order valence-electron chi connectivity index (χ4n) is 2.96. The van der Waals surface area contributed by atoms with Crippen molar-refractivity contribution in [2.45, 2.75) is 19.9 Å². The summed E-state index contributed by atoms with van der Waals surface area (Å²) in [7, 11) is 0. The average Bonchev–Trinajstić information content (AvgIpc) is 3.06. The van der Waals surface area contributed by atoms with Gasteiger partial charge in [-0.15, -0.1) is 5.10 Å². The van der Waals surface area contributed by atoms with Gasteiger partial charge in [0.25, 0.3) is 0 Å². The molecule has 0 bridgehead atoms. The zero-order chi connectivity index (χ0) is 16.4. The molecule has 0 radical (unpaired) electrons. The largest absolute Gasteiger partial charge is 0.349 e. The van der Waals surface area contributed by atoms with Crippen LogP contribution in [-0.2, 0) is 13.0 Å². The highest BCUT2D eigenvalue weighted by molar-refractivity contribution is 5.67. The summed E-state index contributed by atoms with van der Waals surface area (Å²) < 4.78 is 0. The fourth-order valence-corrected chi connectivity index (χ4v) is 2.96. The SMILES string of the molecule is Cc1ccc(CNc2nncc(N3CCc4ccccc43)n2)cc1. The minimum absolute atomic E-state index is 0.553. The van der Waals surface area contributed by atoms with E-state index >= 15 is 0 Å². The summed E-state index contributed by atoms with van der Waals surface area (Å²) in [6.45, 7) is 3.69. The average molecular weight is 317 g/mol. The summed E-state index contributed by atoms with van der Waals surface area (Å²) in [5.41, 5.74) is 5.01. The van der Waals surface area contributed by atoms with Crippen molar-refractivity contribution in [1.82, 2.24) is 15.2 Å². The summed E-state index contributed by atoms with van der Waals surface area (Å²) in [5, 5.41) is 11.5. The van der Waals surface area contributed by atoms with Crippen LogP contribution in [0, 0.1) is 6.92 Å². The second-order valence-corrected chi connectivity index (χ2v) is 6.01. The minimum Gasteiger partial charge on any atom is -0.349 e. The third kappa shape index (κ3) is 2.93. The van der Waals surface area contributed by atoms with Crippen molar-refractivity contribution in [3.63, 3.8) is 0 Å². The summed E-state index contributed by atoms with van der Waals surface area (Å²) >= 11 is 0. The molecule has 4 rings (SSSR count). The lowest BCUT2D eigenvalue weighted by Crippen LogP contribution is -2.16. The van der Waals surface area contributed by atoms with E-state index in [4.69, 9.17) is 0 Å². The van der Waals surface area contributed by atoms with E-state index in [1.165, 1.54) is 22.4 Å². The Morgan fingerprint density at radius 2 is 1.92 bits per heavy atom. The molecule has 0 aliphatic carbocycles. The quantitative estimate of drug-likeness (QED) is 0.798. The normalized spacial score (nSPS) is 13.0. The molecule has 5 nitrogen and oxygen atoms in total. The van der Waals surface area contributed by atoms with Crippen LogP contribution in [0.1, 0.15) is 16.7 Å². The lowest BCUT2D eigenvalue weighted by atomic mass is 10.1. The maximum Gasteiger partial charge on any atom is 0.244 e. The monoisotopic (exact) mass is 317 g/mol. The third-order valence-electron chi connectivity index (χ3n) is 4.28. The van der Waals surface area contributed by atoms with Gasteiger partial charge in [0.1, 0.15) is 0 Å². The van der Waals surface area contributed by atoms with Gasteiger partial charge in [-0.3, -0.25) is 0 Å². The van der Waals surface area contributed by atoms with Crippen molar-refractivity contribution in [3.8, 4) is 0 Å². The van der Waals surface area contributed by atoms with E-state index in [2.05, 4.69) is 80.9 Å². The Morgan fingerprint density at radius 3 is 2.79 bits per heavy atom. The van der Waals surface area contributed by atoms with Gasteiger partial charge in [-0.2, -0.15) is 10.1 Å². The van der Waals surface area contributed by atoms with Gasteiger partial charge in [0, 0.05) is 18.8 Å². The van der Waals surface area contributed by atoms with Crippen LogP contribution in [0.15, 0.2) is 54.7 Å². The van der Waals surface area contributed by atoms with Crippen LogP contribution >= 0.6 is 0 Å². The van der Waals surface area contributed by atoms with Crippen LogP contribution < -0.4 is 10.2 Å². The number of fused-ring (bicyclic) bond motifs is 1. The molecular weight excluding hydrogens is 298 g/mol. The number of nitrogens with one attached hydrogen (secondary N) is 1. The molecule has 0 saturated carbocycles. The van der Waals surface area contributed by atoms with Crippen LogP contribution in [0.4, 0.5) is 17.5 Å². The summed E-state index contributed by atoms with van der Waals surface area (Å²) in [4.78, 5) is 6.82. The molecule has 0 saturated heterocycles. The Labute approximate surface area is 141 Å². The van der Waals surface area contributed by atoms with Crippen molar-refractivity contribution in [1.29, 1.82) is 0 Å². The number of anilines is 3. The number of rotatable bonds is 4. The van der Waals surface area contributed by atoms with E-state index in [9.17, 15) is 0 Å². The third-order valence-corrected chi connectivity index (χ3v) is 4.28. The van der Waals surface area contributed by atoms with Gasteiger partial charge in [0.2, 0.25) is 5.95 Å². The Kier molecular flexibility index (Phi) is 3.83. The van der Waals surface area contributed by atoms with Crippen molar-refractivity contribution < 1.29 is 0 Å².